The molecule has 17 heavy (non-hydrogen) atoms. The summed E-state index contributed by atoms with van der Waals surface area (Å²) in [6.07, 6.45) is 0.144. The van der Waals surface area contributed by atoms with Gasteiger partial charge in [0.1, 0.15) is 0 Å². The monoisotopic (exact) mass is 228 g/mol. The minimum atomic E-state index is -0.761. The lowest BCUT2D eigenvalue weighted by Crippen LogP contribution is -2.21. The summed E-state index contributed by atoms with van der Waals surface area (Å²) in [5.41, 5.74) is 0.731. The van der Waals surface area contributed by atoms with Crippen molar-refractivity contribution in [2.75, 3.05) is 0 Å². The van der Waals surface area contributed by atoms with Gasteiger partial charge in [0.25, 0.3) is 0 Å². The molecule has 0 spiro atoms. The van der Waals surface area contributed by atoms with Crippen molar-refractivity contribution in [2.24, 2.45) is 0 Å². The average molecular weight is 228 g/mol. The summed E-state index contributed by atoms with van der Waals surface area (Å²) >= 11 is 0. The van der Waals surface area contributed by atoms with Gasteiger partial charge in [0.2, 0.25) is 0 Å². The highest BCUT2D eigenvalue weighted by atomic mass is 16.4. The Bertz CT molecular complexity index is 556. The van der Waals surface area contributed by atoms with Crippen LogP contribution in [0.4, 0.5) is 0 Å². The predicted octanol–water partition coefficient (Wildman–Crippen LogP) is 3.59. The van der Waals surface area contributed by atoms with Crippen LogP contribution in [0.5, 0.6) is 0 Å². The van der Waals surface area contributed by atoms with Gasteiger partial charge in [-0.05, 0) is 16.3 Å². The molecule has 0 aromatic heterocycles. The first-order chi connectivity index (χ1) is 7.99. The fourth-order valence-electron chi connectivity index (χ4n) is 2.09. The topological polar surface area (TPSA) is 37.3 Å². The minimum Gasteiger partial charge on any atom is -0.481 e. The summed E-state index contributed by atoms with van der Waals surface area (Å²) < 4.78 is 0. The van der Waals surface area contributed by atoms with Gasteiger partial charge in [0.05, 0.1) is 6.42 Å². The lowest BCUT2D eigenvalue weighted by atomic mass is 9.81. The van der Waals surface area contributed by atoms with E-state index in [1.165, 1.54) is 5.39 Å². The van der Waals surface area contributed by atoms with Crippen LogP contribution in [-0.4, -0.2) is 11.1 Å². The average Bonchev–Trinajstić information content (AvgIpc) is 2.26. The molecule has 0 aliphatic heterocycles. The van der Waals surface area contributed by atoms with Gasteiger partial charge < -0.3 is 5.11 Å². The van der Waals surface area contributed by atoms with Crippen LogP contribution in [0.2, 0.25) is 0 Å². The van der Waals surface area contributed by atoms with Crippen molar-refractivity contribution < 1.29 is 9.90 Å². The maximum absolute atomic E-state index is 10.9. The van der Waals surface area contributed by atoms with Crippen LogP contribution in [0.3, 0.4) is 0 Å². The largest absolute Gasteiger partial charge is 0.481 e. The molecular formula is C15H16O2. The zero-order chi connectivity index (χ0) is 12.5. The lowest BCUT2D eigenvalue weighted by molar-refractivity contribution is -0.138. The van der Waals surface area contributed by atoms with Crippen LogP contribution in [-0.2, 0) is 10.2 Å². The molecular weight excluding hydrogens is 212 g/mol. The smallest absolute Gasteiger partial charge is 0.304 e. The van der Waals surface area contributed by atoms with E-state index in [9.17, 15) is 4.79 Å². The molecule has 2 heteroatoms. The molecule has 2 rings (SSSR count). The Kier molecular flexibility index (Phi) is 2.88. The summed E-state index contributed by atoms with van der Waals surface area (Å²) in [6, 6.07) is 14.3. The van der Waals surface area contributed by atoms with Gasteiger partial charge in [-0.25, -0.2) is 0 Å². The Morgan fingerprint density at radius 1 is 1.12 bits per heavy atom. The molecule has 2 nitrogen and oxygen atoms in total. The van der Waals surface area contributed by atoms with E-state index in [4.69, 9.17) is 5.11 Å². The van der Waals surface area contributed by atoms with Gasteiger partial charge in [-0.15, -0.1) is 0 Å². The van der Waals surface area contributed by atoms with Gasteiger partial charge in [-0.3, -0.25) is 4.79 Å². The van der Waals surface area contributed by atoms with Crippen LogP contribution in [0.25, 0.3) is 10.8 Å². The van der Waals surface area contributed by atoms with Crippen molar-refractivity contribution in [1.82, 2.24) is 0 Å². The van der Waals surface area contributed by atoms with Crippen LogP contribution in [0.1, 0.15) is 25.8 Å². The molecule has 0 heterocycles. The van der Waals surface area contributed by atoms with Crippen LogP contribution in [0.15, 0.2) is 42.5 Å². The fraction of sp³-hybridized carbons (Fsp3) is 0.267. The van der Waals surface area contributed by atoms with Crippen molar-refractivity contribution in [3.63, 3.8) is 0 Å². The molecule has 0 aliphatic carbocycles. The van der Waals surface area contributed by atoms with Gasteiger partial charge in [-0.1, -0.05) is 56.3 Å². The number of fused-ring (bicyclic) bond motifs is 1. The third-order valence-corrected chi connectivity index (χ3v) is 3.12. The zero-order valence-electron chi connectivity index (χ0n) is 10.1. The van der Waals surface area contributed by atoms with E-state index in [-0.39, 0.29) is 11.8 Å². The summed E-state index contributed by atoms with van der Waals surface area (Å²) in [6.45, 7) is 3.93. The van der Waals surface area contributed by atoms with E-state index < -0.39 is 5.97 Å². The zero-order valence-corrected chi connectivity index (χ0v) is 10.1. The molecule has 2 aromatic carbocycles. The summed E-state index contributed by atoms with van der Waals surface area (Å²) in [4.78, 5) is 10.9. The summed E-state index contributed by atoms with van der Waals surface area (Å²) in [7, 11) is 0. The quantitative estimate of drug-likeness (QED) is 0.871. The normalized spacial score (nSPS) is 11.6. The SMILES string of the molecule is CC(C)(CC(=O)O)c1ccc2ccccc2c1. The van der Waals surface area contributed by atoms with E-state index in [0.717, 1.165) is 10.9 Å². The van der Waals surface area contributed by atoms with Crippen molar-refractivity contribution in [2.45, 2.75) is 25.7 Å². The molecule has 0 fully saturated rings. The second kappa shape index (κ2) is 4.21. The van der Waals surface area contributed by atoms with Gasteiger partial charge in [-0.2, -0.15) is 0 Å². The summed E-state index contributed by atoms with van der Waals surface area (Å²) in [5, 5.41) is 11.3. The lowest BCUT2D eigenvalue weighted by Gasteiger charge is -2.23. The van der Waals surface area contributed by atoms with E-state index in [2.05, 4.69) is 18.2 Å². The number of carbonyl (C=O) groups is 1. The van der Waals surface area contributed by atoms with Crippen molar-refractivity contribution in [1.29, 1.82) is 0 Å². The minimum absolute atomic E-state index is 0.144. The molecule has 0 aliphatic rings. The molecule has 1 N–H and O–H groups in total. The number of aliphatic carboxylic acids is 1. The first kappa shape index (κ1) is 11.6. The number of hydrogen-bond donors (Lipinski definition) is 1. The molecule has 2 aromatic rings. The molecule has 0 bridgehead atoms. The molecule has 88 valence electrons. The summed E-state index contributed by atoms with van der Waals surface area (Å²) in [5.74, 6) is -0.761. The van der Waals surface area contributed by atoms with Crippen molar-refractivity contribution in [3.8, 4) is 0 Å². The van der Waals surface area contributed by atoms with Crippen LogP contribution in [0, 0.1) is 0 Å². The van der Waals surface area contributed by atoms with E-state index in [0.29, 0.717) is 0 Å². The molecule has 0 amide bonds. The first-order valence-electron chi connectivity index (χ1n) is 5.70. The Balaban J connectivity index is 2.45. The highest BCUT2D eigenvalue weighted by Crippen LogP contribution is 2.29. The van der Waals surface area contributed by atoms with Crippen LogP contribution >= 0.6 is 0 Å². The molecule has 0 saturated heterocycles. The van der Waals surface area contributed by atoms with Crippen molar-refractivity contribution in [3.05, 3.63) is 48.0 Å². The number of hydrogen-bond acceptors (Lipinski definition) is 1. The Labute approximate surface area is 101 Å². The van der Waals surface area contributed by atoms with Crippen LogP contribution < -0.4 is 0 Å². The second-order valence-corrected chi connectivity index (χ2v) is 5.02. The Morgan fingerprint density at radius 2 is 1.76 bits per heavy atom. The van der Waals surface area contributed by atoms with Crippen molar-refractivity contribution >= 4 is 16.7 Å². The standard InChI is InChI=1S/C15H16O2/c1-15(2,10-14(16)17)13-8-7-11-5-3-4-6-12(11)9-13/h3-9H,10H2,1-2H3,(H,16,17). The van der Waals surface area contributed by atoms with E-state index in [1.807, 2.05) is 38.1 Å². The van der Waals surface area contributed by atoms with E-state index >= 15 is 0 Å². The predicted molar refractivity (Wildman–Crippen MR) is 69.2 cm³/mol. The number of benzene rings is 2. The van der Waals surface area contributed by atoms with Gasteiger partial charge in [0.15, 0.2) is 0 Å². The third-order valence-electron chi connectivity index (χ3n) is 3.12. The van der Waals surface area contributed by atoms with Gasteiger partial charge >= 0.3 is 5.97 Å². The molecule has 0 unspecified atom stereocenters. The Morgan fingerprint density at radius 3 is 2.41 bits per heavy atom. The van der Waals surface area contributed by atoms with E-state index in [1.54, 1.807) is 0 Å². The third kappa shape index (κ3) is 2.47. The molecule has 0 saturated carbocycles. The maximum atomic E-state index is 10.9. The maximum Gasteiger partial charge on any atom is 0.304 e. The second-order valence-electron chi connectivity index (χ2n) is 5.02. The Hall–Kier alpha value is -1.83. The highest BCUT2D eigenvalue weighted by molar-refractivity contribution is 5.83. The number of rotatable bonds is 3. The highest BCUT2D eigenvalue weighted by Gasteiger charge is 2.24. The van der Waals surface area contributed by atoms with Gasteiger partial charge in [0, 0.05) is 5.41 Å². The fourth-order valence-corrected chi connectivity index (χ4v) is 2.09. The molecule has 0 radical (unpaired) electrons. The first-order valence-corrected chi connectivity index (χ1v) is 5.70. The molecule has 0 atom stereocenters. The number of carboxylic acid groups (broad SMARTS) is 1. The number of carboxylic acids is 1.